The second kappa shape index (κ2) is 7.72. The molecule has 3 aromatic carbocycles. The molecule has 0 radical (unpaired) electrons. The highest BCUT2D eigenvalue weighted by atomic mass is 16.1. The van der Waals surface area contributed by atoms with Crippen LogP contribution in [-0.4, -0.2) is 5.91 Å². The van der Waals surface area contributed by atoms with E-state index in [0.717, 1.165) is 27.9 Å². The lowest BCUT2D eigenvalue weighted by Gasteiger charge is -2.13. The molecule has 0 atom stereocenters. The number of anilines is 1. The summed E-state index contributed by atoms with van der Waals surface area (Å²) >= 11 is 0. The van der Waals surface area contributed by atoms with Crippen LogP contribution in [0.25, 0.3) is 0 Å². The topological polar surface area (TPSA) is 29.1 Å². The Morgan fingerprint density at radius 1 is 0.769 bits per heavy atom. The lowest BCUT2D eigenvalue weighted by Crippen LogP contribution is -2.13. The van der Waals surface area contributed by atoms with E-state index in [1.165, 1.54) is 5.56 Å². The number of rotatable bonds is 2. The number of carbonyl (C=O) groups is 1. The van der Waals surface area contributed by atoms with E-state index in [9.17, 15) is 4.79 Å². The van der Waals surface area contributed by atoms with Crippen LogP contribution < -0.4 is 5.32 Å². The largest absolute Gasteiger partial charge is 0.322 e. The van der Waals surface area contributed by atoms with E-state index < -0.39 is 0 Å². The van der Waals surface area contributed by atoms with Crippen LogP contribution in [0.4, 0.5) is 5.69 Å². The molecule has 0 heterocycles. The van der Waals surface area contributed by atoms with Crippen molar-refractivity contribution in [2.75, 3.05) is 5.32 Å². The molecule has 0 saturated heterocycles. The molecule has 0 fully saturated rings. The molecule has 2 heteroatoms. The molecule has 0 aliphatic heterocycles. The summed E-state index contributed by atoms with van der Waals surface area (Å²) in [7, 11) is 0. The van der Waals surface area contributed by atoms with Crippen LogP contribution in [0.15, 0.2) is 66.7 Å². The minimum atomic E-state index is -0.109. The fourth-order valence-electron chi connectivity index (χ4n) is 2.93. The standard InChI is InChI=1S/C24H21NO/c1-17-15-18(2)23(19(3)16-17)25-24(26)22-13-11-21(12-14-22)10-9-20-7-5-4-6-8-20/h4-8,11-16H,1-3H3,(H,25,26). The molecule has 0 aliphatic carbocycles. The first-order chi connectivity index (χ1) is 12.5. The third-order valence-electron chi connectivity index (χ3n) is 4.19. The van der Waals surface area contributed by atoms with Crippen LogP contribution >= 0.6 is 0 Å². The summed E-state index contributed by atoms with van der Waals surface area (Å²) in [5.41, 5.74) is 6.69. The minimum Gasteiger partial charge on any atom is -0.322 e. The van der Waals surface area contributed by atoms with Crippen LogP contribution in [0.1, 0.15) is 38.2 Å². The van der Waals surface area contributed by atoms with Crippen molar-refractivity contribution in [2.24, 2.45) is 0 Å². The Morgan fingerprint density at radius 2 is 1.31 bits per heavy atom. The molecule has 0 bridgehead atoms. The number of amides is 1. The molecule has 1 amide bonds. The average molecular weight is 339 g/mol. The van der Waals surface area contributed by atoms with E-state index in [2.05, 4.69) is 36.2 Å². The zero-order chi connectivity index (χ0) is 18.5. The minimum absolute atomic E-state index is 0.109. The predicted octanol–water partition coefficient (Wildman–Crippen LogP) is 5.26. The second-order valence-electron chi connectivity index (χ2n) is 6.42. The van der Waals surface area contributed by atoms with Crippen LogP contribution in [-0.2, 0) is 0 Å². The number of aryl methyl sites for hydroxylation is 3. The van der Waals surface area contributed by atoms with Gasteiger partial charge < -0.3 is 5.32 Å². The maximum Gasteiger partial charge on any atom is 0.255 e. The van der Waals surface area contributed by atoms with Gasteiger partial charge in [0.15, 0.2) is 0 Å². The lowest BCUT2D eigenvalue weighted by atomic mass is 10.0. The number of hydrogen-bond acceptors (Lipinski definition) is 1. The monoisotopic (exact) mass is 339 g/mol. The molecule has 128 valence electrons. The van der Waals surface area contributed by atoms with Crippen LogP contribution in [0, 0.1) is 32.6 Å². The van der Waals surface area contributed by atoms with Gasteiger partial charge in [0.2, 0.25) is 0 Å². The average Bonchev–Trinajstić information content (AvgIpc) is 2.64. The Kier molecular flexibility index (Phi) is 5.20. The van der Waals surface area contributed by atoms with Gasteiger partial charge in [0.05, 0.1) is 0 Å². The SMILES string of the molecule is Cc1cc(C)c(NC(=O)c2ccc(C#Cc3ccccc3)cc2)c(C)c1. The fourth-order valence-corrected chi connectivity index (χ4v) is 2.93. The van der Waals surface area contributed by atoms with Crippen molar-refractivity contribution in [2.45, 2.75) is 20.8 Å². The predicted molar refractivity (Wildman–Crippen MR) is 107 cm³/mol. The third kappa shape index (κ3) is 4.20. The number of carbonyl (C=O) groups excluding carboxylic acids is 1. The Hall–Kier alpha value is -3.31. The Labute approximate surface area is 154 Å². The van der Waals surface area contributed by atoms with Crippen LogP contribution in [0.3, 0.4) is 0 Å². The molecule has 3 aromatic rings. The summed E-state index contributed by atoms with van der Waals surface area (Å²) in [4.78, 5) is 12.5. The lowest BCUT2D eigenvalue weighted by molar-refractivity contribution is 0.102. The van der Waals surface area contributed by atoms with E-state index in [-0.39, 0.29) is 5.91 Å². The van der Waals surface area contributed by atoms with Crippen molar-refractivity contribution in [3.63, 3.8) is 0 Å². The van der Waals surface area contributed by atoms with Gasteiger partial charge in [0.1, 0.15) is 0 Å². The molecule has 2 nitrogen and oxygen atoms in total. The zero-order valence-electron chi connectivity index (χ0n) is 15.3. The highest BCUT2D eigenvalue weighted by Crippen LogP contribution is 2.22. The summed E-state index contributed by atoms with van der Waals surface area (Å²) in [6.45, 7) is 6.08. The first-order valence-corrected chi connectivity index (χ1v) is 8.59. The summed E-state index contributed by atoms with van der Waals surface area (Å²) < 4.78 is 0. The molecule has 0 aromatic heterocycles. The van der Waals surface area contributed by atoms with Gasteiger partial charge in [0, 0.05) is 22.4 Å². The summed E-state index contributed by atoms with van der Waals surface area (Å²) in [5, 5.41) is 3.02. The van der Waals surface area contributed by atoms with Crippen molar-refractivity contribution < 1.29 is 4.79 Å². The highest BCUT2D eigenvalue weighted by molar-refractivity contribution is 6.05. The number of hydrogen-bond donors (Lipinski definition) is 1. The number of benzene rings is 3. The quantitative estimate of drug-likeness (QED) is 0.634. The first kappa shape index (κ1) is 17.5. The van der Waals surface area contributed by atoms with Crippen LogP contribution in [0.5, 0.6) is 0 Å². The van der Waals surface area contributed by atoms with E-state index in [0.29, 0.717) is 5.56 Å². The second-order valence-corrected chi connectivity index (χ2v) is 6.42. The zero-order valence-corrected chi connectivity index (χ0v) is 15.3. The van der Waals surface area contributed by atoms with Crippen molar-refractivity contribution in [1.29, 1.82) is 0 Å². The van der Waals surface area contributed by atoms with Gasteiger partial charge in [-0.25, -0.2) is 0 Å². The summed E-state index contributed by atoms with van der Waals surface area (Å²) in [6, 6.07) is 21.4. The van der Waals surface area contributed by atoms with Crippen molar-refractivity contribution in [3.8, 4) is 11.8 Å². The van der Waals surface area contributed by atoms with Gasteiger partial charge in [-0.15, -0.1) is 0 Å². The van der Waals surface area contributed by atoms with E-state index >= 15 is 0 Å². The van der Waals surface area contributed by atoms with Gasteiger partial charge in [-0.3, -0.25) is 4.79 Å². The molecule has 0 unspecified atom stereocenters. The highest BCUT2D eigenvalue weighted by Gasteiger charge is 2.10. The van der Waals surface area contributed by atoms with E-state index in [1.807, 2.05) is 68.4 Å². The Balaban J connectivity index is 1.75. The molecular weight excluding hydrogens is 318 g/mol. The Morgan fingerprint density at radius 3 is 1.88 bits per heavy atom. The molecule has 0 aliphatic rings. The Bertz CT molecular complexity index is 967. The number of nitrogens with one attached hydrogen (secondary N) is 1. The fraction of sp³-hybridized carbons (Fsp3) is 0.125. The van der Waals surface area contributed by atoms with Gasteiger partial charge in [-0.05, 0) is 68.3 Å². The van der Waals surface area contributed by atoms with Gasteiger partial charge in [-0.1, -0.05) is 47.7 Å². The molecule has 26 heavy (non-hydrogen) atoms. The van der Waals surface area contributed by atoms with Crippen molar-refractivity contribution >= 4 is 11.6 Å². The molecule has 0 saturated carbocycles. The first-order valence-electron chi connectivity index (χ1n) is 8.59. The van der Waals surface area contributed by atoms with Gasteiger partial charge in [0.25, 0.3) is 5.91 Å². The van der Waals surface area contributed by atoms with Gasteiger partial charge in [-0.2, -0.15) is 0 Å². The molecule has 3 rings (SSSR count). The van der Waals surface area contributed by atoms with Crippen molar-refractivity contribution in [1.82, 2.24) is 0 Å². The maximum absolute atomic E-state index is 12.5. The van der Waals surface area contributed by atoms with Gasteiger partial charge >= 0.3 is 0 Å². The van der Waals surface area contributed by atoms with Crippen molar-refractivity contribution in [3.05, 3.63) is 100 Å². The molecular formula is C24H21NO. The normalized spacial score (nSPS) is 9.96. The summed E-state index contributed by atoms with van der Waals surface area (Å²) in [5.74, 6) is 6.13. The van der Waals surface area contributed by atoms with Crippen LogP contribution in [0.2, 0.25) is 0 Å². The molecule has 0 spiro atoms. The summed E-state index contributed by atoms with van der Waals surface area (Å²) in [6.07, 6.45) is 0. The maximum atomic E-state index is 12.5. The third-order valence-corrected chi connectivity index (χ3v) is 4.19. The van der Waals surface area contributed by atoms with E-state index in [1.54, 1.807) is 0 Å². The molecule has 1 N–H and O–H groups in total. The smallest absolute Gasteiger partial charge is 0.255 e. The van der Waals surface area contributed by atoms with E-state index in [4.69, 9.17) is 0 Å².